The van der Waals surface area contributed by atoms with Crippen molar-refractivity contribution in [2.45, 2.75) is 19.0 Å². The maximum absolute atomic E-state index is 12.8. The van der Waals surface area contributed by atoms with Crippen molar-refractivity contribution in [3.05, 3.63) is 35.7 Å². The molecule has 0 saturated carbocycles. The lowest BCUT2D eigenvalue weighted by Crippen LogP contribution is -2.06. The summed E-state index contributed by atoms with van der Waals surface area (Å²) in [6, 6.07) is 4.81. The van der Waals surface area contributed by atoms with Gasteiger partial charge in [-0.15, -0.1) is 10.2 Å². The number of halogens is 3. The molecule has 0 atom stereocenters. The van der Waals surface area contributed by atoms with Gasteiger partial charge in [0, 0.05) is 6.42 Å². The highest BCUT2D eigenvalue weighted by molar-refractivity contribution is 5.66. The molecule has 2 rings (SSSR count). The number of benzene rings is 1. The molecule has 0 aliphatic heterocycles. The second-order valence-electron chi connectivity index (χ2n) is 3.94. The molecule has 5 nitrogen and oxygen atoms in total. The van der Waals surface area contributed by atoms with Crippen molar-refractivity contribution in [2.75, 3.05) is 0 Å². The molecule has 20 heavy (non-hydrogen) atoms. The molecule has 1 aromatic carbocycles. The largest absolute Gasteiger partial charge is 0.481 e. The molecule has 0 aliphatic rings. The first-order valence-corrected chi connectivity index (χ1v) is 5.58. The molecule has 8 heteroatoms. The molecule has 0 bridgehead atoms. The van der Waals surface area contributed by atoms with Crippen molar-refractivity contribution in [1.82, 2.24) is 10.2 Å². The number of rotatable bonds is 4. The lowest BCUT2D eigenvalue weighted by Gasteiger charge is -2.09. The van der Waals surface area contributed by atoms with Crippen LogP contribution in [-0.2, 0) is 17.4 Å². The average Bonchev–Trinajstić information content (AvgIpc) is 2.84. The van der Waals surface area contributed by atoms with Gasteiger partial charge in [0.1, 0.15) is 0 Å². The number of hydrogen-bond donors (Lipinski definition) is 1. The average molecular weight is 286 g/mol. The molecule has 0 radical (unpaired) electrons. The van der Waals surface area contributed by atoms with Crippen LogP contribution in [0.25, 0.3) is 11.5 Å². The van der Waals surface area contributed by atoms with Crippen LogP contribution < -0.4 is 0 Å². The highest BCUT2D eigenvalue weighted by Gasteiger charge is 2.34. The normalized spacial score (nSPS) is 11.6. The van der Waals surface area contributed by atoms with Crippen LogP contribution in [-0.4, -0.2) is 21.3 Å². The molecule has 0 spiro atoms. The van der Waals surface area contributed by atoms with Crippen molar-refractivity contribution < 1.29 is 27.5 Å². The lowest BCUT2D eigenvalue weighted by atomic mass is 10.1. The van der Waals surface area contributed by atoms with E-state index in [1.807, 2.05) is 0 Å². The van der Waals surface area contributed by atoms with Gasteiger partial charge in [-0.05, 0) is 12.1 Å². The van der Waals surface area contributed by atoms with Gasteiger partial charge in [-0.25, -0.2) is 0 Å². The monoisotopic (exact) mass is 286 g/mol. The first kappa shape index (κ1) is 14.0. The smallest absolute Gasteiger partial charge is 0.417 e. The van der Waals surface area contributed by atoms with Gasteiger partial charge in [0.05, 0.1) is 17.5 Å². The van der Waals surface area contributed by atoms with Crippen molar-refractivity contribution >= 4 is 5.97 Å². The summed E-state index contributed by atoms with van der Waals surface area (Å²) in [4.78, 5) is 10.4. The van der Waals surface area contributed by atoms with Crippen molar-refractivity contribution in [3.63, 3.8) is 0 Å². The SMILES string of the molecule is O=C(O)CCc1nnc(-c2ccccc2C(F)(F)F)o1. The van der Waals surface area contributed by atoms with Crippen LogP contribution in [0.5, 0.6) is 0 Å². The maximum Gasteiger partial charge on any atom is 0.417 e. The van der Waals surface area contributed by atoms with Gasteiger partial charge in [-0.2, -0.15) is 13.2 Å². The van der Waals surface area contributed by atoms with Crippen LogP contribution in [0.3, 0.4) is 0 Å². The highest BCUT2D eigenvalue weighted by atomic mass is 19.4. The quantitative estimate of drug-likeness (QED) is 0.935. The van der Waals surface area contributed by atoms with E-state index in [-0.39, 0.29) is 30.2 Å². The number of aliphatic carboxylic acids is 1. The predicted octanol–water partition coefficient (Wildman–Crippen LogP) is 2.77. The third-order valence-electron chi connectivity index (χ3n) is 2.48. The Morgan fingerprint density at radius 1 is 1.25 bits per heavy atom. The standard InChI is InChI=1S/C12H9F3N2O3/c13-12(14,15)8-4-2-1-3-7(8)11-17-16-9(20-11)5-6-10(18)19/h1-4H,5-6H2,(H,18,19). The second kappa shape index (κ2) is 5.32. The summed E-state index contributed by atoms with van der Waals surface area (Å²) in [5.41, 5.74) is -1.11. The fourth-order valence-electron chi connectivity index (χ4n) is 1.59. The highest BCUT2D eigenvalue weighted by Crippen LogP contribution is 2.36. The Morgan fingerprint density at radius 2 is 1.95 bits per heavy atom. The van der Waals surface area contributed by atoms with Gasteiger partial charge in [0.2, 0.25) is 11.8 Å². The number of aromatic nitrogens is 2. The number of hydrogen-bond acceptors (Lipinski definition) is 4. The minimum Gasteiger partial charge on any atom is -0.481 e. The lowest BCUT2D eigenvalue weighted by molar-refractivity contribution is -0.137. The Kier molecular flexibility index (Phi) is 3.73. The van der Waals surface area contributed by atoms with Crippen LogP contribution in [0.1, 0.15) is 17.9 Å². The van der Waals surface area contributed by atoms with Crippen molar-refractivity contribution in [3.8, 4) is 11.5 Å². The second-order valence-corrected chi connectivity index (χ2v) is 3.94. The van der Waals surface area contributed by atoms with E-state index in [2.05, 4.69) is 10.2 Å². The van der Waals surface area contributed by atoms with E-state index in [1.54, 1.807) is 0 Å². The van der Waals surface area contributed by atoms with E-state index in [1.165, 1.54) is 18.2 Å². The van der Waals surface area contributed by atoms with Gasteiger partial charge < -0.3 is 9.52 Å². The number of aryl methyl sites for hydroxylation is 1. The number of carboxylic acid groups (broad SMARTS) is 1. The zero-order valence-electron chi connectivity index (χ0n) is 10.0. The topological polar surface area (TPSA) is 76.2 Å². The third-order valence-corrected chi connectivity index (χ3v) is 2.48. The Hall–Kier alpha value is -2.38. The molecule has 1 aromatic heterocycles. The summed E-state index contributed by atoms with van der Waals surface area (Å²) < 4.78 is 43.6. The van der Waals surface area contributed by atoms with E-state index in [0.29, 0.717) is 0 Å². The fourth-order valence-corrected chi connectivity index (χ4v) is 1.59. The zero-order valence-corrected chi connectivity index (χ0v) is 10.0. The predicted molar refractivity (Wildman–Crippen MR) is 60.7 cm³/mol. The van der Waals surface area contributed by atoms with E-state index < -0.39 is 17.7 Å². The van der Waals surface area contributed by atoms with E-state index >= 15 is 0 Å². The molecule has 2 aromatic rings. The summed E-state index contributed by atoms with van der Waals surface area (Å²) in [6.45, 7) is 0. The summed E-state index contributed by atoms with van der Waals surface area (Å²) in [5, 5.41) is 15.6. The summed E-state index contributed by atoms with van der Waals surface area (Å²) in [6.07, 6.45) is -4.80. The molecule has 106 valence electrons. The van der Waals surface area contributed by atoms with E-state index in [9.17, 15) is 18.0 Å². The first-order chi connectivity index (χ1) is 9.38. The molecule has 0 amide bonds. The van der Waals surface area contributed by atoms with Crippen LogP contribution in [0.15, 0.2) is 28.7 Å². The Bertz CT molecular complexity index is 622. The summed E-state index contributed by atoms with van der Waals surface area (Å²) in [7, 11) is 0. The first-order valence-electron chi connectivity index (χ1n) is 5.58. The Balaban J connectivity index is 2.31. The molecule has 0 aliphatic carbocycles. The molecule has 1 heterocycles. The van der Waals surface area contributed by atoms with Crippen molar-refractivity contribution in [1.29, 1.82) is 0 Å². The fraction of sp³-hybridized carbons (Fsp3) is 0.250. The Labute approximate surface area is 111 Å². The van der Waals surface area contributed by atoms with Crippen molar-refractivity contribution in [2.24, 2.45) is 0 Å². The van der Waals surface area contributed by atoms with E-state index in [0.717, 1.165) is 6.07 Å². The summed E-state index contributed by atoms with van der Waals surface area (Å²) >= 11 is 0. The van der Waals surface area contributed by atoms with Crippen LogP contribution in [0.4, 0.5) is 13.2 Å². The third kappa shape index (κ3) is 3.14. The Morgan fingerprint density at radius 3 is 2.60 bits per heavy atom. The van der Waals surface area contributed by atoms with Gasteiger partial charge >= 0.3 is 12.1 Å². The number of carbonyl (C=O) groups is 1. The number of carboxylic acids is 1. The molecule has 0 fully saturated rings. The van der Waals surface area contributed by atoms with Gasteiger partial charge in [-0.3, -0.25) is 4.79 Å². The molecular weight excluding hydrogens is 277 g/mol. The minimum atomic E-state index is -4.54. The number of alkyl halides is 3. The van der Waals surface area contributed by atoms with Gasteiger partial charge in [-0.1, -0.05) is 12.1 Å². The zero-order chi connectivity index (χ0) is 14.8. The molecule has 0 unspecified atom stereocenters. The van der Waals surface area contributed by atoms with Gasteiger partial charge in [0.25, 0.3) is 0 Å². The molecular formula is C12H9F3N2O3. The molecule has 0 saturated heterocycles. The number of nitrogens with zero attached hydrogens (tertiary/aromatic N) is 2. The van der Waals surface area contributed by atoms with Crippen LogP contribution in [0.2, 0.25) is 0 Å². The van der Waals surface area contributed by atoms with Crippen LogP contribution in [0, 0.1) is 0 Å². The van der Waals surface area contributed by atoms with E-state index in [4.69, 9.17) is 9.52 Å². The maximum atomic E-state index is 12.8. The van der Waals surface area contributed by atoms with Gasteiger partial charge in [0.15, 0.2) is 0 Å². The van der Waals surface area contributed by atoms with Crippen LogP contribution >= 0.6 is 0 Å². The summed E-state index contributed by atoms with van der Waals surface area (Å²) in [5.74, 6) is -1.35. The molecule has 1 N–H and O–H groups in total. The minimum absolute atomic E-state index is 0.0145.